The molecule has 3 heteroatoms. The number of ketones is 1. The topological polar surface area (TPSA) is 57.5 Å². The van der Waals surface area contributed by atoms with Gasteiger partial charge in [0.15, 0.2) is 5.78 Å². The van der Waals surface area contributed by atoms with Gasteiger partial charge in [-0.25, -0.2) is 0 Å². The molecule has 0 atom stereocenters. The number of carbonyl (C=O) groups is 1. The molecule has 2 rings (SSSR count). The highest BCUT2D eigenvalue weighted by Gasteiger charge is 1.95. The van der Waals surface area contributed by atoms with Crippen LogP contribution in [0, 0.1) is 6.92 Å². The van der Waals surface area contributed by atoms with E-state index in [1.54, 1.807) is 36.4 Å². The first-order chi connectivity index (χ1) is 11.0. The third kappa shape index (κ3) is 5.67. The summed E-state index contributed by atoms with van der Waals surface area (Å²) in [5, 5.41) is 18.9. The number of aliphatic hydroxyl groups excluding tert-OH is 1. The SMILES string of the molecule is Cc1ccc(/C=C/C(=O)C=C(O)/C=C/c2ccc(O)cc2)cc1. The van der Waals surface area contributed by atoms with Crippen LogP contribution in [0.2, 0.25) is 0 Å². The van der Waals surface area contributed by atoms with Gasteiger partial charge in [-0.05, 0) is 42.3 Å². The molecule has 2 aromatic rings. The second-order valence-electron chi connectivity index (χ2n) is 5.14. The van der Waals surface area contributed by atoms with E-state index in [9.17, 15) is 15.0 Å². The fraction of sp³-hybridized carbons (Fsp3) is 0.0500. The number of benzene rings is 2. The summed E-state index contributed by atoms with van der Waals surface area (Å²) in [6.45, 7) is 2.00. The maximum atomic E-state index is 11.8. The molecule has 0 aliphatic rings. The van der Waals surface area contributed by atoms with Crippen molar-refractivity contribution >= 4 is 17.9 Å². The maximum absolute atomic E-state index is 11.8. The first-order valence-corrected chi connectivity index (χ1v) is 7.19. The van der Waals surface area contributed by atoms with Gasteiger partial charge in [-0.3, -0.25) is 4.79 Å². The van der Waals surface area contributed by atoms with Crippen LogP contribution in [0.5, 0.6) is 5.75 Å². The Morgan fingerprint density at radius 2 is 1.39 bits per heavy atom. The molecule has 116 valence electrons. The molecule has 0 aromatic heterocycles. The maximum Gasteiger partial charge on any atom is 0.182 e. The molecule has 0 saturated heterocycles. The summed E-state index contributed by atoms with van der Waals surface area (Å²) in [7, 11) is 0. The lowest BCUT2D eigenvalue weighted by Gasteiger charge is -1.95. The summed E-state index contributed by atoms with van der Waals surface area (Å²) < 4.78 is 0. The number of hydrogen-bond donors (Lipinski definition) is 2. The number of phenols is 1. The van der Waals surface area contributed by atoms with Gasteiger partial charge in [0.2, 0.25) is 0 Å². The Kier molecular flexibility index (Phi) is 5.53. The molecule has 0 aliphatic carbocycles. The van der Waals surface area contributed by atoms with Gasteiger partial charge >= 0.3 is 0 Å². The molecule has 0 spiro atoms. The Hall–Kier alpha value is -3.07. The van der Waals surface area contributed by atoms with Crippen LogP contribution in [0.3, 0.4) is 0 Å². The highest BCUT2D eigenvalue weighted by atomic mass is 16.3. The van der Waals surface area contributed by atoms with E-state index in [1.165, 1.54) is 12.2 Å². The van der Waals surface area contributed by atoms with Crippen molar-refractivity contribution in [2.75, 3.05) is 0 Å². The van der Waals surface area contributed by atoms with Crippen molar-refractivity contribution in [2.45, 2.75) is 6.92 Å². The molecule has 0 amide bonds. The van der Waals surface area contributed by atoms with Crippen LogP contribution in [0.15, 0.2) is 72.5 Å². The fourth-order valence-corrected chi connectivity index (χ4v) is 1.86. The molecule has 2 N–H and O–H groups in total. The van der Waals surface area contributed by atoms with Crippen molar-refractivity contribution in [2.24, 2.45) is 0 Å². The minimum atomic E-state index is -0.293. The second-order valence-corrected chi connectivity index (χ2v) is 5.14. The van der Waals surface area contributed by atoms with Gasteiger partial charge in [0, 0.05) is 6.08 Å². The Bertz CT molecular complexity index is 748. The molecule has 0 radical (unpaired) electrons. The average molecular weight is 306 g/mol. The van der Waals surface area contributed by atoms with E-state index >= 15 is 0 Å². The zero-order chi connectivity index (χ0) is 16.7. The molecule has 3 nitrogen and oxygen atoms in total. The number of aliphatic hydroxyl groups is 1. The molecule has 0 fully saturated rings. The second kappa shape index (κ2) is 7.80. The van der Waals surface area contributed by atoms with Gasteiger partial charge in [-0.2, -0.15) is 0 Å². The molecular weight excluding hydrogens is 288 g/mol. The predicted molar refractivity (Wildman–Crippen MR) is 93.1 cm³/mol. The largest absolute Gasteiger partial charge is 0.508 e. The van der Waals surface area contributed by atoms with E-state index in [1.807, 2.05) is 31.2 Å². The molecule has 23 heavy (non-hydrogen) atoms. The number of hydrogen-bond acceptors (Lipinski definition) is 3. The number of aryl methyl sites for hydroxylation is 1. The van der Waals surface area contributed by atoms with Crippen LogP contribution in [0.25, 0.3) is 12.2 Å². The molecule has 2 aromatic carbocycles. The van der Waals surface area contributed by atoms with Crippen LogP contribution >= 0.6 is 0 Å². The fourth-order valence-electron chi connectivity index (χ4n) is 1.86. The van der Waals surface area contributed by atoms with Gasteiger partial charge in [-0.1, -0.05) is 54.1 Å². The van der Waals surface area contributed by atoms with Crippen molar-refractivity contribution in [1.29, 1.82) is 0 Å². The average Bonchev–Trinajstić information content (AvgIpc) is 2.54. The molecule has 0 unspecified atom stereocenters. The van der Waals surface area contributed by atoms with Crippen LogP contribution in [-0.2, 0) is 4.79 Å². The Morgan fingerprint density at radius 1 is 0.870 bits per heavy atom. The normalized spacial score (nSPS) is 12.1. The van der Waals surface area contributed by atoms with Crippen LogP contribution in [-0.4, -0.2) is 16.0 Å². The smallest absolute Gasteiger partial charge is 0.182 e. The summed E-state index contributed by atoms with van der Waals surface area (Å²) in [5.74, 6) is -0.242. The van der Waals surface area contributed by atoms with E-state index in [0.717, 1.165) is 22.8 Å². The van der Waals surface area contributed by atoms with Gasteiger partial charge in [-0.15, -0.1) is 0 Å². The van der Waals surface area contributed by atoms with Gasteiger partial charge < -0.3 is 10.2 Å². The zero-order valence-corrected chi connectivity index (χ0v) is 12.8. The van der Waals surface area contributed by atoms with E-state index in [2.05, 4.69) is 0 Å². The van der Waals surface area contributed by atoms with Gasteiger partial charge in [0.1, 0.15) is 11.5 Å². The Labute approximate surface area is 135 Å². The highest BCUT2D eigenvalue weighted by Crippen LogP contribution is 2.11. The number of rotatable bonds is 5. The molecule has 0 saturated carbocycles. The summed E-state index contributed by atoms with van der Waals surface area (Å²) >= 11 is 0. The molecule has 0 heterocycles. The molecule has 0 bridgehead atoms. The summed E-state index contributed by atoms with van der Waals surface area (Å²) in [6, 6.07) is 14.3. The van der Waals surface area contributed by atoms with Gasteiger partial charge in [0.25, 0.3) is 0 Å². The number of phenolic OH excluding ortho intramolecular Hbond substituents is 1. The first-order valence-electron chi connectivity index (χ1n) is 7.19. The number of carbonyl (C=O) groups excluding carboxylic acids is 1. The van der Waals surface area contributed by atoms with E-state index in [0.29, 0.717) is 0 Å². The lowest BCUT2D eigenvalue weighted by molar-refractivity contribution is -0.110. The van der Waals surface area contributed by atoms with Crippen LogP contribution in [0.1, 0.15) is 16.7 Å². The quantitative estimate of drug-likeness (QED) is 0.488. The first kappa shape index (κ1) is 16.3. The highest BCUT2D eigenvalue weighted by molar-refractivity contribution is 6.02. The van der Waals surface area contributed by atoms with Crippen molar-refractivity contribution in [3.63, 3.8) is 0 Å². The van der Waals surface area contributed by atoms with Crippen molar-refractivity contribution in [3.05, 3.63) is 89.2 Å². The van der Waals surface area contributed by atoms with Crippen molar-refractivity contribution in [1.82, 2.24) is 0 Å². The van der Waals surface area contributed by atoms with Gasteiger partial charge in [0.05, 0.1) is 0 Å². The monoisotopic (exact) mass is 306 g/mol. The Morgan fingerprint density at radius 3 is 2.00 bits per heavy atom. The van der Waals surface area contributed by atoms with E-state index < -0.39 is 0 Å². The van der Waals surface area contributed by atoms with Crippen molar-refractivity contribution < 1.29 is 15.0 Å². The summed E-state index contributed by atoms with van der Waals surface area (Å²) in [4.78, 5) is 11.8. The minimum absolute atomic E-state index is 0.128. The third-order valence-electron chi connectivity index (χ3n) is 3.15. The standard InChI is InChI=1S/C20H18O3/c1-15-2-4-16(5-3-15)8-12-19(22)14-20(23)13-9-17-6-10-18(21)11-7-17/h2-14,21,23H,1H3/b12-8+,13-9+,20-14?. The zero-order valence-electron chi connectivity index (χ0n) is 12.8. The lowest BCUT2D eigenvalue weighted by atomic mass is 10.1. The summed E-state index contributed by atoms with van der Waals surface area (Å²) in [5.41, 5.74) is 2.90. The molecular formula is C20H18O3. The number of aromatic hydroxyl groups is 1. The third-order valence-corrected chi connectivity index (χ3v) is 3.15. The summed E-state index contributed by atoms with van der Waals surface area (Å²) in [6.07, 6.45) is 7.36. The Balaban J connectivity index is 1.98. The van der Waals surface area contributed by atoms with Crippen molar-refractivity contribution in [3.8, 4) is 5.75 Å². The predicted octanol–water partition coefficient (Wildman–Crippen LogP) is 4.44. The number of allylic oxidation sites excluding steroid dienone is 3. The minimum Gasteiger partial charge on any atom is -0.508 e. The van der Waals surface area contributed by atoms with Crippen LogP contribution < -0.4 is 0 Å². The lowest BCUT2D eigenvalue weighted by Crippen LogP contribution is -1.88. The van der Waals surface area contributed by atoms with E-state index in [4.69, 9.17) is 0 Å². The molecule has 0 aliphatic heterocycles. The van der Waals surface area contributed by atoms with Crippen LogP contribution in [0.4, 0.5) is 0 Å². The van der Waals surface area contributed by atoms with E-state index in [-0.39, 0.29) is 17.3 Å².